The Labute approximate surface area is 124 Å². The summed E-state index contributed by atoms with van der Waals surface area (Å²) in [6.07, 6.45) is 4.06. The van der Waals surface area contributed by atoms with E-state index in [1.54, 1.807) is 13.2 Å². The number of carbonyl (C=O) groups is 1. The molecule has 0 N–H and O–H groups in total. The van der Waals surface area contributed by atoms with Gasteiger partial charge in [-0.05, 0) is 43.9 Å². The summed E-state index contributed by atoms with van der Waals surface area (Å²) in [5.74, 6) is -0.640. The first-order valence-corrected chi connectivity index (χ1v) is 7.15. The smallest absolute Gasteiger partial charge is 0.188 e. The van der Waals surface area contributed by atoms with Gasteiger partial charge in [-0.15, -0.1) is 0 Å². The van der Waals surface area contributed by atoms with Crippen molar-refractivity contribution < 1.29 is 23.4 Å². The van der Waals surface area contributed by atoms with Crippen molar-refractivity contribution in [2.75, 3.05) is 20.8 Å². The highest BCUT2D eigenvalue weighted by molar-refractivity contribution is 5.97. The SMILES string of the molecule is COc1ccc(C(=O)COC2CCCC(OC)C2)cc1F. The minimum atomic E-state index is -0.541. The number of methoxy groups -OCH3 is 2. The van der Waals surface area contributed by atoms with Crippen LogP contribution in [-0.4, -0.2) is 38.8 Å². The van der Waals surface area contributed by atoms with Crippen molar-refractivity contribution in [1.29, 1.82) is 0 Å². The Kier molecular flexibility index (Phi) is 5.70. The predicted octanol–water partition coefficient (Wildman–Crippen LogP) is 2.99. The third-order valence-corrected chi connectivity index (χ3v) is 3.84. The van der Waals surface area contributed by atoms with Gasteiger partial charge in [0.25, 0.3) is 0 Å². The van der Waals surface area contributed by atoms with Crippen LogP contribution in [0.4, 0.5) is 4.39 Å². The van der Waals surface area contributed by atoms with Gasteiger partial charge in [0.2, 0.25) is 0 Å². The molecular formula is C16H21FO4. The van der Waals surface area contributed by atoms with Crippen LogP contribution in [0.5, 0.6) is 5.75 Å². The van der Waals surface area contributed by atoms with Gasteiger partial charge >= 0.3 is 0 Å². The molecule has 0 radical (unpaired) electrons. The molecule has 2 rings (SSSR count). The van der Waals surface area contributed by atoms with Crippen LogP contribution in [0, 0.1) is 5.82 Å². The molecule has 0 aromatic heterocycles. The van der Waals surface area contributed by atoms with Crippen LogP contribution in [-0.2, 0) is 9.47 Å². The molecule has 1 saturated carbocycles. The lowest BCUT2D eigenvalue weighted by molar-refractivity contribution is -0.0243. The Balaban J connectivity index is 1.88. The monoisotopic (exact) mass is 296 g/mol. The van der Waals surface area contributed by atoms with Crippen molar-refractivity contribution in [3.63, 3.8) is 0 Å². The van der Waals surface area contributed by atoms with Crippen LogP contribution < -0.4 is 4.74 Å². The summed E-state index contributed by atoms with van der Waals surface area (Å²) >= 11 is 0. The quantitative estimate of drug-likeness (QED) is 0.757. The van der Waals surface area contributed by atoms with Gasteiger partial charge in [0, 0.05) is 12.7 Å². The summed E-state index contributed by atoms with van der Waals surface area (Å²) in [4.78, 5) is 12.0. The fraction of sp³-hybridized carbons (Fsp3) is 0.562. The van der Waals surface area contributed by atoms with Gasteiger partial charge in [0.1, 0.15) is 6.61 Å². The molecule has 1 aromatic carbocycles. The average molecular weight is 296 g/mol. The van der Waals surface area contributed by atoms with Crippen LogP contribution in [0.2, 0.25) is 0 Å². The highest BCUT2D eigenvalue weighted by Crippen LogP contribution is 2.23. The molecule has 2 atom stereocenters. The van der Waals surface area contributed by atoms with Gasteiger partial charge in [0.05, 0.1) is 19.3 Å². The molecule has 0 aliphatic heterocycles. The highest BCUT2D eigenvalue weighted by atomic mass is 19.1. The molecule has 1 fully saturated rings. The van der Waals surface area contributed by atoms with Crippen molar-refractivity contribution in [3.05, 3.63) is 29.6 Å². The summed E-state index contributed by atoms with van der Waals surface area (Å²) in [7, 11) is 3.08. The number of ketones is 1. The summed E-state index contributed by atoms with van der Waals surface area (Å²) < 4.78 is 29.4. The van der Waals surface area contributed by atoms with Gasteiger partial charge in [0.15, 0.2) is 17.3 Å². The van der Waals surface area contributed by atoms with E-state index in [1.807, 2.05) is 0 Å². The maximum absolute atomic E-state index is 13.6. The van der Waals surface area contributed by atoms with Crippen LogP contribution in [0.1, 0.15) is 36.0 Å². The largest absolute Gasteiger partial charge is 0.494 e. The van der Waals surface area contributed by atoms with E-state index in [-0.39, 0.29) is 30.3 Å². The normalized spacial score (nSPS) is 22.0. The van der Waals surface area contributed by atoms with Crippen LogP contribution in [0.3, 0.4) is 0 Å². The third-order valence-electron chi connectivity index (χ3n) is 3.84. The molecule has 1 aliphatic rings. The molecule has 116 valence electrons. The summed E-state index contributed by atoms with van der Waals surface area (Å²) in [5.41, 5.74) is 0.299. The maximum Gasteiger partial charge on any atom is 0.188 e. The maximum atomic E-state index is 13.6. The van der Waals surface area contributed by atoms with Crippen molar-refractivity contribution in [1.82, 2.24) is 0 Å². The second-order valence-electron chi connectivity index (χ2n) is 5.23. The number of carbonyl (C=O) groups excluding carboxylic acids is 1. The minimum absolute atomic E-state index is 0.0349. The van der Waals surface area contributed by atoms with E-state index in [9.17, 15) is 9.18 Å². The number of hydrogen-bond donors (Lipinski definition) is 0. The molecule has 5 heteroatoms. The lowest BCUT2D eigenvalue weighted by Gasteiger charge is -2.27. The second-order valence-corrected chi connectivity index (χ2v) is 5.23. The molecule has 0 bridgehead atoms. The Hall–Kier alpha value is -1.46. The van der Waals surface area contributed by atoms with Crippen molar-refractivity contribution in [2.24, 2.45) is 0 Å². The zero-order valence-electron chi connectivity index (χ0n) is 12.4. The molecule has 0 amide bonds. The molecule has 1 aromatic rings. The summed E-state index contributed by atoms with van der Waals surface area (Å²) in [6, 6.07) is 4.18. The van der Waals surface area contributed by atoms with E-state index in [4.69, 9.17) is 14.2 Å². The molecule has 2 unspecified atom stereocenters. The predicted molar refractivity (Wildman–Crippen MR) is 76.3 cm³/mol. The van der Waals surface area contributed by atoms with Crippen LogP contribution in [0.25, 0.3) is 0 Å². The number of halogens is 1. The zero-order valence-corrected chi connectivity index (χ0v) is 12.4. The van der Waals surface area contributed by atoms with Gasteiger partial charge in [-0.1, -0.05) is 0 Å². The van der Waals surface area contributed by atoms with Gasteiger partial charge in [-0.25, -0.2) is 4.39 Å². The Bertz CT molecular complexity index is 489. The van der Waals surface area contributed by atoms with Crippen molar-refractivity contribution in [2.45, 2.75) is 37.9 Å². The minimum Gasteiger partial charge on any atom is -0.494 e. The molecule has 0 spiro atoms. The van der Waals surface area contributed by atoms with Crippen LogP contribution >= 0.6 is 0 Å². The summed E-state index contributed by atoms with van der Waals surface area (Å²) in [6.45, 7) is -0.0349. The Morgan fingerprint density at radius 1 is 1.29 bits per heavy atom. The van der Waals surface area contributed by atoms with E-state index in [1.165, 1.54) is 19.2 Å². The Morgan fingerprint density at radius 3 is 2.71 bits per heavy atom. The van der Waals surface area contributed by atoms with Gasteiger partial charge in [-0.2, -0.15) is 0 Å². The topological polar surface area (TPSA) is 44.8 Å². The third kappa shape index (κ3) is 4.25. The molecular weight excluding hydrogens is 275 g/mol. The van der Waals surface area contributed by atoms with Gasteiger partial charge in [-0.3, -0.25) is 4.79 Å². The molecule has 0 heterocycles. The fourth-order valence-electron chi connectivity index (χ4n) is 2.58. The van der Waals surface area contributed by atoms with Crippen molar-refractivity contribution in [3.8, 4) is 5.75 Å². The van der Waals surface area contributed by atoms with E-state index in [0.717, 1.165) is 25.7 Å². The molecule has 1 aliphatic carbocycles. The standard InChI is InChI=1S/C16H21FO4/c1-19-12-4-3-5-13(9-12)21-10-15(18)11-6-7-16(20-2)14(17)8-11/h6-8,12-13H,3-5,9-10H2,1-2H3. The average Bonchev–Trinajstić information content (AvgIpc) is 2.52. The molecule has 0 saturated heterocycles. The van der Waals surface area contributed by atoms with E-state index in [0.29, 0.717) is 5.56 Å². The number of ether oxygens (including phenoxy) is 3. The number of hydrogen-bond acceptors (Lipinski definition) is 4. The zero-order chi connectivity index (χ0) is 15.2. The van der Waals surface area contributed by atoms with E-state index < -0.39 is 5.82 Å². The fourth-order valence-corrected chi connectivity index (χ4v) is 2.58. The Morgan fingerprint density at radius 2 is 2.05 bits per heavy atom. The first-order valence-electron chi connectivity index (χ1n) is 7.15. The first kappa shape index (κ1) is 15.9. The molecule has 21 heavy (non-hydrogen) atoms. The number of rotatable bonds is 6. The van der Waals surface area contributed by atoms with Crippen molar-refractivity contribution >= 4 is 5.78 Å². The highest BCUT2D eigenvalue weighted by Gasteiger charge is 2.23. The van der Waals surface area contributed by atoms with Crippen LogP contribution in [0.15, 0.2) is 18.2 Å². The number of Topliss-reactive ketones (excluding diaryl/α,β-unsaturated/α-hetero) is 1. The molecule has 4 nitrogen and oxygen atoms in total. The summed E-state index contributed by atoms with van der Waals surface area (Å²) in [5, 5.41) is 0. The van der Waals surface area contributed by atoms with E-state index >= 15 is 0 Å². The van der Waals surface area contributed by atoms with E-state index in [2.05, 4.69) is 0 Å². The lowest BCUT2D eigenvalue weighted by atomic mass is 9.95. The lowest BCUT2D eigenvalue weighted by Crippen LogP contribution is -2.29. The second kappa shape index (κ2) is 7.52. The van der Waals surface area contributed by atoms with Gasteiger partial charge < -0.3 is 14.2 Å². The first-order chi connectivity index (χ1) is 10.1. The number of benzene rings is 1.